The highest BCUT2D eigenvalue weighted by atomic mass is 16.7. The Hall–Kier alpha value is -1.67. The van der Waals surface area contributed by atoms with Crippen LogP contribution in [0, 0.1) is 16.2 Å². The van der Waals surface area contributed by atoms with Gasteiger partial charge in [-0.25, -0.2) is 4.79 Å². The summed E-state index contributed by atoms with van der Waals surface area (Å²) in [6, 6.07) is 0. The molecule has 4 fully saturated rings. The van der Waals surface area contributed by atoms with Gasteiger partial charge >= 0.3 is 17.9 Å². The van der Waals surface area contributed by atoms with Crippen LogP contribution in [0.2, 0.25) is 0 Å². The Morgan fingerprint density at radius 1 is 1.13 bits per heavy atom. The predicted molar refractivity (Wildman–Crippen MR) is 70.4 cm³/mol. The van der Waals surface area contributed by atoms with E-state index in [1.54, 1.807) is 20.8 Å². The molecule has 3 heterocycles. The summed E-state index contributed by atoms with van der Waals surface area (Å²) in [5.74, 6) is -2.36. The van der Waals surface area contributed by atoms with E-state index in [2.05, 4.69) is 0 Å². The van der Waals surface area contributed by atoms with Crippen molar-refractivity contribution in [2.45, 2.75) is 57.7 Å². The van der Waals surface area contributed by atoms with Gasteiger partial charge in [-0.3, -0.25) is 9.59 Å². The van der Waals surface area contributed by atoms with E-state index in [0.717, 1.165) is 0 Å². The van der Waals surface area contributed by atoms with E-state index >= 15 is 0 Å². The highest BCUT2D eigenvalue weighted by Gasteiger charge is 2.92. The van der Waals surface area contributed by atoms with Crippen LogP contribution in [0.4, 0.5) is 0 Å². The van der Waals surface area contributed by atoms with E-state index < -0.39 is 58.3 Å². The summed E-state index contributed by atoms with van der Waals surface area (Å²) in [6.45, 7) is 5.19. The fourth-order valence-corrected chi connectivity index (χ4v) is 5.15. The lowest BCUT2D eigenvalue weighted by atomic mass is 9.52. The molecular weight excluding hydrogens is 308 g/mol. The van der Waals surface area contributed by atoms with Crippen molar-refractivity contribution in [3.05, 3.63) is 0 Å². The van der Waals surface area contributed by atoms with Crippen molar-refractivity contribution >= 4 is 17.9 Å². The molecular formula is C15H18O8. The number of rotatable bonds is 0. The van der Waals surface area contributed by atoms with Gasteiger partial charge in [0.2, 0.25) is 0 Å². The summed E-state index contributed by atoms with van der Waals surface area (Å²) >= 11 is 0. The van der Waals surface area contributed by atoms with E-state index in [1.807, 2.05) is 0 Å². The lowest BCUT2D eigenvalue weighted by Crippen LogP contribution is -2.65. The largest absolute Gasteiger partial charge is 0.461 e. The van der Waals surface area contributed by atoms with E-state index in [-0.39, 0.29) is 12.8 Å². The fourth-order valence-electron chi connectivity index (χ4n) is 5.15. The Morgan fingerprint density at radius 2 is 1.78 bits per heavy atom. The highest BCUT2D eigenvalue weighted by Crippen LogP contribution is 2.75. The number of carbonyl (C=O) groups excluding carboxylic acids is 3. The molecule has 2 spiro atoms. The third-order valence-corrected chi connectivity index (χ3v) is 6.22. The van der Waals surface area contributed by atoms with Gasteiger partial charge in [-0.05, 0) is 5.41 Å². The Morgan fingerprint density at radius 3 is 2.39 bits per heavy atom. The molecule has 2 unspecified atom stereocenters. The first-order chi connectivity index (χ1) is 10.5. The molecule has 23 heavy (non-hydrogen) atoms. The predicted octanol–water partition coefficient (Wildman–Crippen LogP) is -0.744. The first kappa shape index (κ1) is 14.9. The summed E-state index contributed by atoms with van der Waals surface area (Å²) in [4.78, 5) is 36.5. The van der Waals surface area contributed by atoms with E-state index in [1.165, 1.54) is 0 Å². The average molecular weight is 326 g/mol. The maximum Gasteiger partial charge on any atom is 0.339 e. The summed E-state index contributed by atoms with van der Waals surface area (Å²) < 4.78 is 15.5. The molecule has 3 aliphatic heterocycles. The summed E-state index contributed by atoms with van der Waals surface area (Å²) in [5.41, 5.74) is -5.91. The molecule has 4 rings (SSSR count). The summed E-state index contributed by atoms with van der Waals surface area (Å²) in [6.07, 6.45) is -4.58. The first-order valence-corrected chi connectivity index (χ1v) is 7.54. The highest BCUT2D eigenvalue weighted by molar-refractivity contribution is 5.94. The topological polar surface area (TPSA) is 119 Å². The molecule has 0 aromatic rings. The lowest BCUT2D eigenvalue weighted by Gasteiger charge is -2.49. The van der Waals surface area contributed by atoms with Crippen molar-refractivity contribution in [2.24, 2.45) is 16.2 Å². The quantitative estimate of drug-likeness (QED) is 0.558. The molecule has 2 N–H and O–H groups in total. The molecule has 0 bridgehead atoms. The fraction of sp³-hybridized carbons (Fsp3) is 0.800. The van der Waals surface area contributed by atoms with Crippen LogP contribution in [0.15, 0.2) is 0 Å². The number of esters is 3. The average Bonchev–Trinajstić information content (AvgIpc) is 3.00. The van der Waals surface area contributed by atoms with Gasteiger partial charge in [0.05, 0.1) is 12.0 Å². The van der Waals surface area contributed by atoms with Crippen LogP contribution in [-0.4, -0.2) is 52.2 Å². The van der Waals surface area contributed by atoms with Crippen LogP contribution in [0.25, 0.3) is 0 Å². The molecule has 0 amide bonds. The zero-order valence-corrected chi connectivity index (χ0v) is 13.0. The molecule has 0 aromatic heterocycles. The van der Waals surface area contributed by atoms with Crippen LogP contribution in [-0.2, 0) is 28.6 Å². The Balaban J connectivity index is 2.05. The second-order valence-electron chi connectivity index (χ2n) is 7.89. The molecule has 0 aromatic carbocycles. The molecule has 4 aliphatic rings. The van der Waals surface area contributed by atoms with Crippen LogP contribution in [0.5, 0.6) is 0 Å². The first-order valence-electron chi connectivity index (χ1n) is 7.54. The van der Waals surface area contributed by atoms with Gasteiger partial charge in [-0.2, -0.15) is 0 Å². The summed E-state index contributed by atoms with van der Waals surface area (Å²) in [5, 5.41) is 22.2. The SMILES string of the molecule is CC(C)(C)[C@]1(O)C[C@@H]2OC(=O)C[C@@]23C(=O)O[C@H]2OC(=O)C(O)C213. The van der Waals surface area contributed by atoms with Crippen molar-refractivity contribution in [3.8, 4) is 0 Å². The standard InChI is InChI=1S/C15H18O8/c1-12(2,3)14(20)4-6-13(5-7(16)21-6)10(19)23-11-15(13,14)8(17)9(18)22-11/h6,8,11,17,20H,4-5H2,1-3H3/t6-,8?,11+,13-,14+,15?/m0/s1. The van der Waals surface area contributed by atoms with E-state index in [9.17, 15) is 24.6 Å². The molecule has 6 atom stereocenters. The number of carbonyl (C=O) groups is 3. The third-order valence-electron chi connectivity index (χ3n) is 6.22. The Kier molecular flexibility index (Phi) is 2.39. The Labute approximate surface area is 131 Å². The molecule has 1 aliphatic carbocycles. The van der Waals surface area contributed by atoms with Crippen molar-refractivity contribution < 1.29 is 38.8 Å². The smallest absolute Gasteiger partial charge is 0.339 e. The van der Waals surface area contributed by atoms with Gasteiger partial charge in [0.1, 0.15) is 16.9 Å². The monoisotopic (exact) mass is 326 g/mol. The number of hydrogen-bond donors (Lipinski definition) is 2. The van der Waals surface area contributed by atoms with Gasteiger partial charge in [0.15, 0.2) is 6.10 Å². The van der Waals surface area contributed by atoms with Crippen LogP contribution in [0.3, 0.4) is 0 Å². The molecule has 8 heteroatoms. The normalized spacial score (nSPS) is 51.0. The minimum atomic E-state index is -1.78. The molecule has 3 saturated heterocycles. The Bertz CT molecular complexity index is 650. The number of hydrogen-bond acceptors (Lipinski definition) is 8. The minimum absolute atomic E-state index is 0.0679. The summed E-state index contributed by atoms with van der Waals surface area (Å²) in [7, 11) is 0. The van der Waals surface area contributed by atoms with Gasteiger partial charge in [-0.1, -0.05) is 20.8 Å². The van der Waals surface area contributed by atoms with Gasteiger partial charge in [0.25, 0.3) is 6.29 Å². The van der Waals surface area contributed by atoms with E-state index in [4.69, 9.17) is 14.2 Å². The molecule has 1 saturated carbocycles. The second kappa shape index (κ2) is 3.70. The van der Waals surface area contributed by atoms with Crippen molar-refractivity contribution in [1.29, 1.82) is 0 Å². The maximum atomic E-state index is 12.6. The second-order valence-corrected chi connectivity index (χ2v) is 7.89. The van der Waals surface area contributed by atoms with Gasteiger partial charge in [0, 0.05) is 6.42 Å². The third kappa shape index (κ3) is 1.20. The van der Waals surface area contributed by atoms with Crippen LogP contribution >= 0.6 is 0 Å². The van der Waals surface area contributed by atoms with Gasteiger partial charge in [-0.15, -0.1) is 0 Å². The van der Waals surface area contributed by atoms with Crippen molar-refractivity contribution in [1.82, 2.24) is 0 Å². The minimum Gasteiger partial charge on any atom is -0.461 e. The zero-order chi connectivity index (χ0) is 17.0. The van der Waals surface area contributed by atoms with Crippen molar-refractivity contribution in [2.75, 3.05) is 0 Å². The number of aliphatic hydroxyl groups is 2. The van der Waals surface area contributed by atoms with Gasteiger partial charge < -0.3 is 24.4 Å². The lowest BCUT2D eigenvalue weighted by molar-refractivity contribution is -0.224. The van der Waals surface area contributed by atoms with Crippen molar-refractivity contribution in [3.63, 3.8) is 0 Å². The number of ether oxygens (including phenoxy) is 3. The zero-order valence-electron chi connectivity index (χ0n) is 13.0. The van der Waals surface area contributed by atoms with Crippen LogP contribution in [0.1, 0.15) is 33.6 Å². The van der Waals surface area contributed by atoms with E-state index in [0.29, 0.717) is 0 Å². The number of aliphatic hydroxyl groups excluding tert-OH is 1. The van der Waals surface area contributed by atoms with Crippen LogP contribution < -0.4 is 0 Å². The maximum absolute atomic E-state index is 12.6. The molecule has 126 valence electrons. The molecule has 8 nitrogen and oxygen atoms in total. The molecule has 0 radical (unpaired) electrons.